The maximum atomic E-state index is 14.0. The zero-order valence-electron chi connectivity index (χ0n) is 14.8. The zero-order chi connectivity index (χ0) is 18.8. The van der Waals surface area contributed by atoms with Crippen molar-refractivity contribution in [2.75, 3.05) is 0 Å². The Labute approximate surface area is 161 Å². The van der Waals surface area contributed by atoms with Gasteiger partial charge < -0.3 is 0 Å². The molecule has 2 aliphatic carbocycles. The Balaban J connectivity index is 1.80. The van der Waals surface area contributed by atoms with Gasteiger partial charge in [-0.3, -0.25) is 0 Å². The van der Waals surface area contributed by atoms with Crippen molar-refractivity contribution >= 4 is 11.1 Å². The molecule has 2 heteroatoms. The molecule has 0 heterocycles. The Kier molecular flexibility index (Phi) is 3.05. The van der Waals surface area contributed by atoms with E-state index in [0.717, 1.165) is 55.7 Å². The van der Waals surface area contributed by atoms with Crippen LogP contribution in [0.15, 0.2) is 84.9 Å². The Morgan fingerprint density at radius 3 is 1.14 bits per heavy atom. The van der Waals surface area contributed by atoms with Crippen molar-refractivity contribution in [2.24, 2.45) is 0 Å². The predicted molar refractivity (Wildman–Crippen MR) is 109 cm³/mol. The molecule has 2 aliphatic rings. The summed E-state index contributed by atoms with van der Waals surface area (Å²) >= 11 is 0. The molecule has 0 N–H and O–H groups in total. The van der Waals surface area contributed by atoms with Crippen molar-refractivity contribution < 1.29 is 8.78 Å². The first-order valence-corrected chi connectivity index (χ1v) is 9.26. The first kappa shape index (κ1) is 15.5. The second-order valence-corrected chi connectivity index (χ2v) is 7.22. The van der Waals surface area contributed by atoms with E-state index < -0.39 is 0 Å². The second-order valence-electron chi connectivity index (χ2n) is 7.22. The fourth-order valence-corrected chi connectivity index (χ4v) is 4.62. The first-order chi connectivity index (χ1) is 13.7. The van der Waals surface area contributed by atoms with Gasteiger partial charge in [0, 0.05) is 0 Å². The maximum absolute atomic E-state index is 14.0. The first-order valence-electron chi connectivity index (χ1n) is 9.26. The summed E-state index contributed by atoms with van der Waals surface area (Å²) in [6.07, 6.45) is 0. The Morgan fingerprint density at radius 1 is 0.357 bits per heavy atom. The summed E-state index contributed by atoms with van der Waals surface area (Å²) in [5, 5.41) is 0. The number of rotatable bonds is 0. The van der Waals surface area contributed by atoms with Gasteiger partial charge in [0.1, 0.15) is 11.6 Å². The summed E-state index contributed by atoms with van der Waals surface area (Å²) in [7, 11) is 0. The average Bonchev–Trinajstić information content (AvgIpc) is 3.20. The smallest absolute Gasteiger partial charge is 0.123 e. The third-order valence-electron chi connectivity index (χ3n) is 5.73. The minimum Gasteiger partial charge on any atom is -0.207 e. The van der Waals surface area contributed by atoms with Crippen molar-refractivity contribution in [2.45, 2.75) is 0 Å². The van der Waals surface area contributed by atoms with Gasteiger partial charge in [0.05, 0.1) is 0 Å². The van der Waals surface area contributed by atoms with E-state index in [-0.39, 0.29) is 11.6 Å². The second kappa shape index (κ2) is 5.49. The van der Waals surface area contributed by atoms with Gasteiger partial charge in [0.2, 0.25) is 0 Å². The molecule has 0 radical (unpaired) electrons. The molecular weight excluding hydrogens is 350 g/mol. The molecule has 0 bridgehead atoms. The molecular formula is C26H14F2. The fraction of sp³-hybridized carbons (Fsp3) is 0. The van der Waals surface area contributed by atoms with Crippen LogP contribution < -0.4 is 0 Å². The molecule has 0 amide bonds. The quantitative estimate of drug-likeness (QED) is 0.274. The lowest BCUT2D eigenvalue weighted by Gasteiger charge is -2.11. The number of fused-ring (bicyclic) bond motifs is 6. The van der Waals surface area contributed by atoms with Crippen molar-refractivity contribution in [1.82, 2.24) is 0 Å². The van der Waals surface area contributed by atoms with Gasteiger partial charge in [-0.1, -0.05) is 60.7 Å². The fourth-order valence-electron chi connectivity index (χ4n) is 4.62. The molecule has 4 aromatic rings. The van der Waals surface area contributed by atoms with Crippen LogP contribution >= 0.6 is 0 Å². The highest BCUT2D eigenvalue weighted by Gasteiger charge is 2.32. The summed E-state index contributed by atoms with van der Waals surface area (Å²) in [6, 6.07) is 26.2. The van der Waals surface area contributed by atoms with Crippen LogP contribution in [0.3, 0.4) is 0 Å². The molecule has 0 aliphatic heterocycles. The molecule has 132 valence electrons. The van der Waals surface area contributed by atoms with Crippen LogP contribution in [0.2, 0.25) is 0 Å². The van der Waals surface area contributed by atoms with Crippen molar-refractivity contribution in [3.63, 3.8) is 0 Å². The normalized spacial score (nSPS) is 15.8. The summed E-state index contributed by atoms with van der Waals surface area (Å²) in [4.78, 5) is 0. The molecule has 4 aromatic carbocycles. The number of halogens is 2. The molecule has 0 aromatic heterocycles. The van der Waals surface area contributed by atoms with Crippen LogP contribution in [-0.2, 0) is 0 Å². The van der Waals surface area contributed by atoms with Gasteiger partial charge in [0.25, 0.3) is 0 Å². The SMILES string of the molecule is Fc1ccc2c(c1)-c1ccccc1/C2=C1/c2ccccc2-c2cc(F)ccc21. The van der Waals surface area contributed by atoms with Gasteiger partial charge in [-0.05, 0) is 79.9 Å². The van der Waals surface area contributed by atoms with E-state index >= 15 is 0 Å². The molecule has 28 heavy (non-hydrogen) atoms. The Morgan fingerprint density at radius 2 is 0.714 bits per heavy atom. The molecule has 0 fully saturated rings. The predicted octanol–water partition coefficient (Wildman–Crippen LogP) is 6.93. The minimum atomic E-state index is -0.242. The van der Waals surface area contributed by atoms with Crippen molar-refractivity contribution in [3.05, 3.63) is 119 Å². The minimum absolute atomic E-state index is 0.242. The number of benzene rings is 4. The lowest BCUT2D eigenvalue weighted by Crippen LogP contribution is -1.91. The van der Waals surface area contributed by atoms with Crippen LogP contribution in [0, 0.1) is 11.6 Å². The van der Waals surface area contributed by atoms with E-state index in [2.05, 4.69) is 12.1 Å². The van der Waals surface area contributed by atoms with Gasteiger partial charge in [-0.2, -0.15) is 0 Å². The van der Waals surface area contributed by atoms with E-state index in [1.54, 1.807) is 12.1 Å². The van der Waals surface area contributed by atoms with E-state index in [1.165, 1.54) is 12.1 Å². The van der Waals surface area contributed by atoms with E-state index in [1.807, 2.05) is 48.5 Å². The summed E-state index contributed by atoms with van der Waals surface area (Å²) in [5.74, 6) is -0.483. The standard InChI is InChI=1S/C26H14F2/c27-15-9-11-21-23(13-15)17-5-1-3-7-19(17)25(21)26-20-8-4-2-6-18(20)24-14-16(28)10-12-22(24)26/h1-14H/b26-25+. The van der Waals surface area contributed by atoms with Crippen LogP contribution in [0.1, 0.15) is 22.3 Å². The third kappa shape index (κ3) is 1.97. The van der Waals surface area contributed by atoms with Crippen LogP contribution in [0.25, 0.3) is 33.4 Å². The lowest BCUT2D eigenvalue weighted by atomic mass is 9.92. The maximum Gasteiger partial charge on any atom is 0.123 e. The van der Waals surface area contributed by atoms with Gasteiger partial charge in [-0.25, -0.2) is 8.78 Å². The topological polar surface area (TPSA) is 0 Å². The highest BCUT2D eigenvalue weighted by Crippen LogP contribution is 2.54. The molecule has 0 atom stereocenters. The Bertz CT molecular complexity index is 1230. The van der Waals surface area contributed by atoms with E-state index in [9.17, 15) is 8.78 Å². The lowest BCUT2D eigenvalue weighted by molar-refractivity contribution is 0.628. The highest BCUT2D eigenvalue weighted by molar-refractivity contribution is 6.18. The van der Waals surface area contributed by atoms with Gasteiger partial charge in [0.15, 0.2) is 0 Å². The van der Waals surface area contributed by atoms with Crippen LogP contribution in [-0.4, -0.2) is 0 Å². The zero-order valence-corrected chi connectivity index (χ0v) is 14.8. The van der Waals surface area contributed by atoms with E-state index in [0.29, 0.717) is 0 Å². The summed E-state index contributed by atoms with van der Waals surface area (Å²) in [5.41, 5.74) is 10.3. The van der Waals surface area contributed by atoms with E-state index in [4.69, 9.17) is 0 Å². The summed E-state index contributed by atoms with van der Waals surface area (Å²) in [6.45, 7) is 0. The number of hydrogen-bond donors (Lipinski definition) is 0. The molecule has 0 saturated heterocycles. The average molecular weight is 364 g/mol. The molecule has 0 unspecified atom stereocenters. The summed E-state index contributed by atoms with van der Waals surface area (Å²) < 4.78 is 28.0. The van der Waals surface area contributed by atoms with Crippen molar-refractivity contribution in [1.29, 1.82) is 0 Å². The van der Waals surface area contributed by atoms with Gasteiger partial charge in [-0.15, -0.1) is 0 Å². The van der Waals surface area contributed by atoms with Crippen LogP contribution in [0.5, 0.6) is 0 Å². The monoisotopic (exact) mass is 364 g/mol. The molecule has 0 spiro atoms. The molecule has 0 saturated carbocycles. The number of hydrogen-bond acceptors (Lipinski definition) is 0. The third-order valence-corrected chi connectivity index (χ3v) is 5.73. The Hall–Kier alpha value is -3.52. The molecule has 0 nitrogen and oxygen atoms in total. The van der Waals surface area contributed by atoms with Crippen LogP contribution in [0.4, 0.5) is 8.78 Å². The molecule has 6 rings (SSSR count). The van der Waals surface area contributed by atoms with Crippen molar-refractivity contribution in [3.8, 4) is 22.3 Å². The highest BCUT2D eigenvalue weighted by atomic mass is 19.1. The van der Waals surface area contributed by atoms with Gasteiger partial charge >= 0.3 is 0 Å². The largest absolute Gasteiger partial charge is 0.207 e.